The van der Waals surface area contributed by atoms with Crippen LogP contribution in [0.5, 0.6) is 0 Å². The van der Waals surface area contributed by atoms with Crippen LogP contribution in [0.4, 0.5) is 0 Å². The van der Waals surface area contributed by atoms with Gasteiger partial charge in [-0.25, -0.2) is 4.79 Å². The molecule has 0 spiro atoms. The van der Waals surface area contributed by atoms with Crippen molar-refractivity contribution in [3.8, 4) is 0 Å². The summed E-state index contributed by atoms with van der Waals surface area (Å²) in [6.45, 7) is 4.65. The van der Waals surface area contributed by atoms with Crippen molar-refractivity contribution in [2.24, 2.45) is 0 Å². The molecule has 0 saturated carbocycles. The Morgan fingerprint density at radius 1 is 0.370 bits per heavy atom. The zero-order valence-electron chi connectivity index (χ0n) is 52.9. The molecule has 0 aromatic rings. The van der Waals surface area contributed by atoms with E-state index in [4.69, 9.17) is 18.9 Å². The van der Waals surface area contributed by atoms with Gasteiger partial charge in [-0.2, -0.15) is 0 Å². The normalized spacial score (nSPS) is 13.4. The molecule has 0 radical (unpaired) electrons. The number of aliphatic carboxylic acids is 1. The predicted octanol–water partition coefficient (Wildman–Crippen LogP) is 20.2. The third kappa shape index (κ3) is 63.4. The standard InChI is InChI=1S/C72H123NO8/c1-6-8-10-12-14-16-18-20-22-24-26-28-30-31-32-33-34-35-36-37-38-39-41-42-44-46-48-50-52-54-56-58-60-62-69(74)79-66-68(67-80-72(71(76)77)78-65-64-73(3,4)5)81-70(75)63-61-59-57-55-53-51-49-47-45-43-40-29-27-25-23-21-19-17-15-13-11-9-7-2/h8-11,14-17,20-23,26-29,43,45,68,72H,6-7,12-13,18-19,24-25,30-42,44,46-67H2,1-5H3/p+1/b10-8-,11-9-,16-14-,17-15-,22-20-,23-21-,28-26-,29-27-,45-43-. The van der Waals surface area contributed by atoms with Crippen LogP contribution in [0.15, 0.2) is 109 Å². The first-order valence-corrected chi connectivity index (χ1v) is 33.1. The van der Waals surface area contributed by atoms with Gasteiger partial charge in [0.1, 0.15) is 13.2 Å². The molecule has 0 aromatic carbocycles. The minimum atomic E-state index is -1.52. The first-order chi connectivity index (χ1) is 39.6. The van der Waals surface area contributed by atoms with Crippen molar-refractivity contribution in [3.63, 3.8) is 0 Å². The Kier molecular flexibility index (Phi) is 58.9. The summed E-state index contributed by atoms with van der Waals surface area (Å²) < 4.78 is 22.9. The van der Waals surface area contributed by atoms with Crippen molar-refractivity contribution in [1.82, 2.24) is 0 Å². The number of allylic oxidation sites excluding steroid dienone is 18. The smallest absolute Gasteiger partial charge is 0.361 e. The van der Waals surface area contributed by atoms with Gasteiger partial charge in [-0.1, -0.05) is 271 Å². The van der Waals surface area contributed by atoms with Gasteiger partial charge in [0.05, 0.1) is 34.4 Å². The second-order valence-corrected chi connectivity index (χ2v) is 23.0. The van der Waals surface area contributed by atoms with Gasteiger partial charge in [0.25, 0.3) is 6.29 Å². The number of rotatable bonds is 60. The highest BCUT2D eigenvalue weighted by atomic mass is 16.7. The SMILES string of the molecule is CC/C=C\C/C=C\C/C=C\C/C=C\C/C=C\CCCCCCCCCC(=O)OC(COC(=O)CCCCCCCCCCCCCCCCCCCCCC/C=C\C/C=C\C/C=C\C/C=C\CC)COC(OCC[N+](C)(C)C)C(=O)O. The molecule has 464 valence electrons. The maximum absolute atomic E-state index is 12.9. The maximum Gasteiger partial charge on any atom is 0.361 e. The average Bonchev–Trinajstić information content (AvgIpc) is 3.44. The molecule has 9 nitrogen and oxygen atoms in total. The highest BCUT2D eigenvalue weighted by Gasteiger charge is 2.25. The zero-order valence-corrected chi connectivity index (χ0v) is 52.9. The van der Waals surface area contributed by atoms with E-state index in [1.54, 1.807) is 0 Å². The van der Waals surface area contributed by atoms with Crippen LogP contribution in [-0.4, -0.2) is 87.4 Å². The third-order valence-corrected chi connectivity index (χ3v) is 14.0. The number of carbonyl (C=O) groups is 3. The molecule has 0 saturated heterocycles. The van der Waals surface area contributed by atoms with Crippen molar-refractivity contribution < 1.29 is 42.9 Å². The molecule has 2 atom stereocenters. The third-order valence-electron chi connectivity index (χ3n) is 14.0. The average molecular weight is 1130 g/mol. The summed E-state index contributed by atoms with van der Waals surface area (Å²) in [5.74, 6) is -2.02. The number of hydrogen-bond acceptors (Lipinski definition) is 7. The van der Waals surface area contributed by atoms with Crippen LogP contribution < -0.4 is 0 Å². The van der Waals surface area contributed by atoms with Crippen LogP contribution in [0.3, 0.4) is 0 Å². The Morgan fingerprint density at radius 3 is 0.988 bits per heavy atom. The fourth-order valence-corrected chi connectivity index (χ4v) is 9.03. The Labute approximate surface area is 498 Å². The van der Waals surface area contributed by atoms with E-state index >= 15 is 0 Å². The van der Waals surface area contributed by atoms with E-state index < -0.39 is 24.3 Å². The largest absolute Gasteiger partial charge is 0.477 e. The quantitative estimate of drug-likeness (QED) is 0.0211. The van der Waals surface area contributed by atoms with Crippen LogP contribution in [0.25, 0.3) is 0 Å². The molecular formula is C72H124NO8+. The van der Waals surface area contributed by atoms with Crippen LogP contribution in [0.2, 0.25) is 0 Å². The topological polar surface area (TPSA) is 108 Å². The van der Waals surface area contributed by atoms with E-state index in [1.165, 1.54) is 135 Å². The summed E-state index contributed by atoms with van der Waals surface area (Å²) in [7, 11) is 5.97. The summed E-state index contributed by atoms with van der Waals surface area (Å²) in [6.07, 6.45) is 83.3. The predicted molar refractivity (Wildman–Crippen MR) is 345 cm³/mol. The van der Waals surface area contributed by atoms with E-state index in [-0.39, 0.29) is 32.2 Å². The van der Waals surface area contributed by atoms with Gasteiger partial charge in [-0.05, 0) is 96.3 Å². The lowest BCUT2D eigenvalue weighted by Crippen LogP contribution is -2.40. The van der Waals surface area contributed by atoms with Gasteiger partial charge in [0, 0.05) is 12.8 Å². The summed E-state index contributed by atoms with van der Waals surface area (Å²) in [5.41, 5.74) is 0. The summed E-state index contributed by atoms with van der Waals surface area (Å²) in [4.78, 5) is 37.6. The lowest BCUT2D eigenvalue weighted by atomic mass is 10.0. The van der Waals surface area contributed by atoms with Gasteiger partial charge in [0.2, 0.25) is 0 Å². The minimum absolute atomic E-state index is 0.181. The molecule has 0 aromatic heterocycles. The van der Waals surface area contributed by atoms with Crippen LogP contribution in [-0.2, 0) is 33.3 Å². The van der Waals surface area contributed by atoms with E-state index in [0.717, 1.165) is 103 Å². The Balaban J connectivity index is 4.13. The summed E-state index contributed by atoms with van der Waals surface area (Å²) in [5, 5.41) is 9.73. The number of likely N-dealkylation sites (N-methyl/N-ethyl adjacent to an activating group) is 1. The van der Waals surface area contributed by atoms with Gasteiger partial charge in [-0.3, -0.25) is 9.59 Å². The van der Waals surface area contributed by atoms with Crippen molar-refractivity contribution >= 4 is 17.9 Å². The Morgan fingerprint density at radius 2 is 0.667 bits per heavy atom. The zero-order chi connectivity index (χ0) is 59.1. The molecule has 0 rings (SSSR count). The second kappa shape index (κ2) is 62.0. The second-order valence-electron chi connectivity index (χ2n) is 23.0. The van der Waals surface area contributed by atoms with Gasteiger partial charge in [-0.15, -0.1) is 0 Å². The fraction of sp³-hybridized carbons (Fsp3) is 0.708. The van der Waals surface area contributed by atoms with Crippen LogP contribution in [0.1, 0.15) is 271 Å². The molecule has 1 N–H and O–H groups in total. The van der Waals surface area contributed by atoms with E-state index in [2.05, 4.69) is 123 Å². The number of carboxylic acid groups (broad SMARTS) is 1. The molecule has 0 amide bonds. The molecule has 0 aliphatic rings. The number of ether oxygens (including phenoxy) is 4. The van der Waals surface area contributed by atoms with Crippen molar-refractivity contribution in [1.29, 1.82) is 0 Å². The molecule has 0 aliphatic carbocycles. The van der Waals surface area contributed by atoms with Gasteiger partial charge >= 0.3 is 17.9 Å². The van der Waals surface area contributed by atoms with E-state index in [0.29, 0.717) is 23.9 Å². The van der Waals surface area contributed by atoms with Crippen LogP contribution in [0, 0.1) is 0 Å². The molecule has 81 heavy (non-hydrogen) atoms. The number of carboxylic acids is 1. The maximum atomic E-state index is 12.9. The Bertz CT molecular complexity index is 1700. The molecular weight excluding hydrogens is 1010 g/mol. The van der Waals surface area contributed by atoms with E-state index in [1.807, 2.05) is 21.1 Å². The number of nitrogens with zero attached hydrogens (tertiary/aromatic N) is 1. The Hall–Kier alpha value is -4.05. The first-order valence-electron chi connectivity index (χ1n) is 33.1. The fourth-order valence-electron chi connectivity index (χ4n) is 9.03. The van der Waals surface area contributed by atoms with Crippen LogP contribution >= 0.6 is 0 Å². The van der Waals surface area contributed by atoms with Crippen molar-refractivity contribution in [2.45, 2.75) is 283 Å². The number of unbranched alkanes of at least 4 members (excludes halogenated alkanes) is 27. The van der Waals surface area contributed by atoms with Gasteiger partial charge < -0.3 is 28.5 Å². The highest BCUT2D eigenvalue weighted by molar-refractivity contribution is 5.71. The molecule has 0 fully saturated rings. The minimum Gasteiger partial charge on any atom is -0.477 e. The van der Waals surface area contributed by atoms with Crippen molar-refractivity contribution in [3.05, 3.63) is 109 Å². The number of carbonyl (C=O) groups excluding carboxylic acids is 2. The first kappa shape index (κ1) is 77.0. The number of quaternary nitrogens is 1. The number of esters is 2. The molecule has 2 unspecified atom stereocenters. The monoisotopic (exact) mass is 1130 g/mol. The van der Waals surface area contributed by atoms with Gasteiger partial charge in [0.15, 0.2) is 6.10 Å². The lowest BCUT2D eigenvalue weighted by Gasteiger charge is -2.25. The summed E-state index contributed by atoms with van der Waals surface area (Å²) in [6, 6.07) is 0. The molecule has 0 heterocycles. The lowest BCUT2D eigenvalue weighted by molar-refractivity contribution is -0.870. The molecule has 0 bridgehead atoms. The van der Waals surface area contributed by atoms with E-state index in [9.17, 15) is 19.5 Å². The molecule has 0 aliphatic heterocycles. The molecule has 9 heteroatoms. The van der Waals surface area contributed by atoms with Crippen molar-refractivity contribution in [2.75, 3.05) is 47.5 Å². The summed E-state index contributed by atoms with van der Waals surface area (Å²) >= 11 is 0. The highest BCUT2D eigenvalue weighted by Crippen LogP contribution is 2.17. The number of hydrogen-bond donors (Lipinski definition) is 1.